The van der Waals surface area contributed by atoms with Crippen molar-refractivity contribution in [2.75, 3.05) is 20.0 Å². The van der Waals surface area contributed by atoms with Crippen LogP contribution in [0.5, 0.6) is 5.75 Å². The Bertz CT molecular complexity index is 1300. The van der Waals surface area contributed by atoms with Crippen molar-refractivity contribution in [3.05, 3.63) is 53.6 Å². The first-order valence-corrected chi connectivity index (χ1v) is 15.9. The summed E-state index contributed by atoms with van der Waals surface area (Å²) in [5.41, 5.74) is 7.37. The summed E-state index contributed by atoms with van der Waals surface area (Å²) in [7, 11) is 1.58. The smallest absolute Gasteiger partial charge is 0.178 e. The number of aliphatic hydroxyl groups excluding tert-OH is 5. The molecule has 1 aliphatic rings. The first kappa shape index (κ1) is 31.3. The normalized spacial score (nSPS) is 23.3. The summed E-state index contributed by atoms with van der Waals surface area (Å²) >= 11 is 11.6. The molecule has 2 aromatic carbocycles. The lowest BCUT2D eigenvalue weighted by Gasteiger charge is -2.45. The van der Waals surface area contributed by atoms with Crippen molar-refractivity contribution >= 4 is 69.1 Å². The van der Waals surface area contributed by atoms with Crippen molar-refractivity contribution in [2.45, 2.75) is 38.2 Å². The van der Waals surface area contributed by atoms with Crippen LogP contribution in [0.2, 0.25) is 5.02 Å². The predicted octanol–water partition coefficient (Wildman–Crippen LogP) is 2.31. The minimum atomic E-state index is -1.79. The van der Waals surface area contributed by atoms with Gasteiger partial charge in [-0.15, -0.1) is 22.0 Å². The molecule has 1 saturated heterocycles. The highest BCUT2D eigenvalue weighted by Crippen LogP contribution is 2.55. The lowest BCUT2D eigenvalue weighted by molar-refractivity contribution is -0.121. The predicted molar refractivity (Wildman–Crippen MR) is 161 cm³/mol. The molecule has 1 aliphatic heterocycles. The molecule has 0 radical (unpaired) electrons. The zero-order valence-corrected chi connectivity index (χ0v) is 25.2. The summed E-state index contributed by atoms with van der Waals surface area (Å²) in [6, 6.07) is 13.5. The maximum atomic E-state index is 11.2. The Morgan fingerprint density at radius 3 is 2.48 bits per heavy atom. The molecule has 11 nitrogen and oxygen atoms in total. The number of benzene rings is 2. The number of rotatable bonds is 11. The van der Waals surface area contributed by atoms with Crippen molar-refractivity contribution < 1.29 is 30.3 Å². The summed E-state index contributed by atoms with van der Waals surface area (Å²) in [5.74, 6) is 0.687. The van der Waals surface area contributed by atoms with Gasteiger partial charge in [0.25, 0.3) is 0 Å². The van der Waals surface area contributed by atoms with E-state index >= 15 is 0 Å². The van der Waals surface area contributed by atoms with Gasteiger partial charge in [0.1, 0.15) is 38.6 Å². The number of aliphatic hydroxyl groups is 5. The highest BCUT2D eigenvalue weighted by molar-refractivity contribution is 8.38. The molecule has 16 heteroatoms. The molecule has 1 aromatic heterocycles. The maximum Gasteiger partial charge on any atom is 0.178 e. The molecule has 7 N–H and O–H groups in total. The fraction of sp³-hybridized carbons (Fsp3) is 0.375. The molecule has 0 aliphatic carbocycles. The van der Waals surface area contributed by atoms with E-state index < -0.39 is 40.5 Å². The van der Waals surface area contributed by atoms with Gasteiger partial charge < -0.3 is 30.3 Å². The van der Waals surface area contributed by atoms with Crippen LogP contribution in [0, 0.1) is 0 Å². The molecule has 4 rings (SSSR count). The second-order valence-electron chi connectivity index (χ2n) is 8.45. The monoisotopic (exact) mass is 645 g/mol. The van der Waals surface area contributed by atoms with Crippen molar-refractivity contribution in [3.8, 4) is 16.3 Å². The Kier molecular flexibility index (Phi) is 11.0. The average Bonchev–Trinajstić information content (AvgIpc) is 3.44. The van der Waals surface area contributed by atoms with Crippen molar-refractivity contribution in [1.82, 2.24) is 21.0 Å². The second kappa shape index (κ2) is 14.0. The first-order chi connectivity index (χ1) is 19.2. The summed E-state index contributed by atoms with van der Waals surface area (Å²) in [6.07, 6.45) is -4.98. The van der Waals surface area contributed by atoms with Crippen LogP contribution in [0.15, 0.2) is 57.9 Å². The van der Waals surface area contributed by atoms with Crippen molar-refractivity contribution in [2.24, 2.45) is 4.99 Å². The number of hydrogen-bond acceptors (Lipinski definition) is 14. The van der Waals surface area contributed by atoms with E-state index in [0.717, 1.165) is 5.56 Å². The van der Waals surface area contributed by atoms with Crippen LogP contribution in [0.4, 0.5) is 5.69 Å². The number of thioether (sulfide) groups is 3. The van der Waals surface area contributed by atoms with Crippen molar-refractivity contribution in [1.29, 1.82) is 0 Å². The molecule has 40 heavy (non-hydrogen) atoms. The molecule has 216 valence electrons. The number of hydrazine groups is 1. The summed E-state index contributed by atoms with van der Waals surface area (Å²) in [5, 5.41) is 61.6. The fourth-order valence-corrected chi connectivity index (χ4v) is 9.47. The van der Waals surface area contributed by atoms with E-state index in [2.05, 4.69) is 26.0 Å². The lowest BCUT2D eigenvalue weighted by atomic mass is 9.99. The topological polar surface area (TPSA) is 173 Å². The third-order valence-corrected chi connectivity index (χ3v) is 12.0. The molecule has 6 atom stereocenters. The molecular weight excluding hydrogens is 618 g/mol. The Labute approximate surface area is 252 Å². The number of nitrogens with zero attached hydrogens (tertiary/aromatic N) is 3. The number of amidine groups is 1. The number of nitrogens with one attached hydrogen (secondary N) is 2. The molecule has 0 amide bonds. The van der Waals surface area contributed by atoms with Crippen LogP contribution >= 0.6 is 58.2 Å². The van der Waals surface area contributed by atoms with Crippen molar-refractivity contribution in [3.63, 3.8) is 0 Å². The number of hydrogen-bond donors (Lipinski definition) is 7. The quantitative estimate of drug-likeness (QED) is 0.152. The molecule has 0 saturated carbocycles. The SMILES string of the molecule is COc1ccc(N=C2NNC([C@H](O)[C@@H](O)[C@H](O)[C@H](O)CO)C(SC)(Sc3nnc(-c4ccccc4Cl)s3)S2)cc1. The number of aliphatic imine (C=N–C) groups is 1. The zero-order chi connectivity index (χ0) is 28.9. The number of aromatic nitrogens is 2. The van der Waals surface area contributed by atoms with E-state index in [1.165, 1.54) is 46.6 Å². The summed E-state index contributed by atoms with van der Waals surface area (Å²) < 4.78 is 4.77. The van der Waals surface area contributed by atoms with E-state index in [4.69, 9.17) is 16.3 Å². The molecular formula is C24H28ClN5O6S4. The third-order valence-electron chi connectivity index (χ3n) is 5.90. The van der Waals surface area contributed by atoms with E-state index in [9.17, 15) is 25.5 Å². The van der Waals surface area contributed by atoms with Gasteiger partial charge in [-0.25, -0.2) is 10.4 Å². The van der Waals surface area contributed by atoms with Gasteiger partial charge in [-0.1, -0.05) is 64.7 Å². The molecule has 2 heterocycles. The Morgan fingerprint density at radius 1 is 1.10 bits per heavy atom. The van der Waals surface area contributed by atoms with Crippen LogP contribution in [0.1, 0.15) is 0 Å². The molecule has 1 fully saturated rings. The molecule has 0 bridgehead atoms. The fourth-order valence-electron chi connectivity index (χ4n) is 3.72. The Hall–Kier alpha value is -1.63. The van der Waals surface area contributed by atoms with Gasteiger partial charge in [0.05, 0.1) is 30.5 Å². The molecule has 2 unspecified atom stereocenters. The van der Waals surface area contributed by atoms with Crippen LogP contribution in [-0.2, 0) is 0 Å². The van der Waals surface area contributed by atoms with Gasteiger partial charge in [-0.05, 0) is 36.6 Å². The highest BCUT2D eigenvalue weighted by atomic mass is 35.5. The summed E-state index contributed by atoms with van der Waals surface area (Å²) in [6.45, 7) is -0.785. The average molecular weight is 646 g/mol. The van der Waals surface area contributed by atoms with E-state index in [0.29, 0.717) is 31.0 Å². The molecule has 0 spiro atoms. The van der Waals surface area contributed by atoms with Crippen LogP contribution in [-0.4, -0.2) is 94.7 Å². The van der Waals surface area contributed by atoms with Crippen LogP contribution < -0.4 is 15.6 Å². The summed E-state index contributed by atoms with van der Waals surface area (Å²) in [4.78, 5) is 4.67. The zero-order valence-electron chi connectivity index (χ0n) is 21.2. The van der Waals surface area contributed by atoms with Crippen LogP contribution in [0.3, 0.4) is 0 Å². The lowest BCUT2D eigenvalue weighted by Crippen LogP contribution is -2.66. The standard InChI is InChI=1S/C24H28ClN5O6S4/c1-36-13-9-7-12(8-10-13)26-22-29-27-20(19(35)18(34)17(33)16(32)11-31)24(37-2,39-22)40-23-30-28-21(38-23)14-5-3-4-6-15(14)25/h3-10,16-20,27,31-35H,11H2,1-2H3,(H,26,29)/t16-,17-,18+,19-,20?,24?/m1/s1. The van der Waals surface area contributed by atoms with Gasteiger partial charge in [0.15, 0.2) is 9.51 Å². The van der Waals surface area contributed by atoms with Gasteiger partial charge >= 0.3 is 0 Å². The first-order valence-electron chi connectivity index (χ1n) is 11.8. The number of halogens is 1. The number of methoxy groups -OCH3 is 1. The van der Waals surface area contributed by atoms with Gasteiger partial charge in [-0.2, -0.15) is 0 Å². The molecule has 3 aromatic rings. The maximum absolute atomic E-state index is 11.2. The second-order valence-corrected chi connectivity index (χ2v) is 14.4. The minimum absolute atomic E-state index is 0.469. The highest BCUT2D eigenvalue weighted by Gasteiger charge is 2.52. The number of ether oxygens (including phenoxy) is 1. The van der Waals surface area contributed by atoms with E-state index in [1.54, 1.807) is 37.4 Å². The van der Waals surface area contributed by atoms with E-state index in [-0.39, 0.29) is 0 Å². The van der Waals surface area contributed by atoms with Crippen LogP contribution in [0.25, 0.3) is 10.6 Å². The largest absolute Gasteiger partial charge is 0.497 e. The third kappa shape index (κ3) is 7.04. The van der Waals surface area contributed by atoms with Gasteiger partial charge in [-0.3, -0.25) is 5.43 Å². The van der Waals surface area contributed by atoms with Gasteiger partial charge in [0, 0.05) is 5.56 Å². The minimum Gasteiger partial charge on any atom is -0.497 e. The van der Waals surface area contributed by atoms with E-state index in [1.807, 2.05) is 24.5 Å². The van der Waals surface area contributed by atoms with Gasteiger partial charge in [0.2, 0.25) is 0 Å². The Morgan fingerprint density at radius 2 is 1.82 bits per heavy atom. The Balaban J connectivity index is 1.67.